The molecule has 1 N–H and O–H groups in total. The molecule has 1 amide bonds. The molecule has 1 atom stereocenters. The number of nitrogens with one attached hydrogen (secondary N) is 1. The van der Waals surface area contributed by atoms with E-state index in [1.807, 2.05) is 0 Å². The molecular weight excluding hydrogens is 204 g/mol. The molecule has 1 aliphatic rings. The highest BCUT2D eigenvalue weighted by Gasteiger charge is 2.31. The van der Waals surface area contributed by atoms with E-state index in [0.29, 0.717) is 11.7 Å². The van der Waals surface area contributed by atoms with Crippen molar-refractivity contribution in [2.75, 3.05) is 40.3 Å². The maximum atomic E-state index is 11.2. The fourth-order valence-corrected chi connectivity index (χ4v) is 1.68. The van der Waals surface area contributed by atoms with Crippen molar-refractivity contribution >= 4 is 5.91 Å². The number of carbonyl (C=O) groups is 1. The smallest absolute Gasteiger partial charge is 0.246 e. The largest absolute Gasteiger partial charge is 0.367 e. The van der Waals surface area contributed by atoms with Crippen LogP contribution in [-0.2, 0) is 9.53 Å². The monoisotopic (exact) mass is 227 g/mol. The summed E-state index contributed by atoms with van der Waals surface area (Å²) in [5.41, 5.74) is 0.570. The van der Waals surface area contributed by atoms with E-state index in [0.717, 1.165) is 37.1 Å². The highest BCUT2D eigenvalue weighted by atomic mass is 16.6. The van der Waals surface area contributed by atoms with E-state index < -0.39 is 0 Å². The van der Waals surface area contributed by atoms with Crippen molar-refractivity contribution in [3.05, 3.63) is 12.2 Å². The van der Waals surface area contributed by atoms with Crippen LogP contribution in [0.15, 0.2) is 12.2 Å². The van der Waals surface area contributed by atoms with Crippen molar-refractivity contribution in [2.24, 2.45) is 0 Å². The molecule has 1 fully saturated rings. The molecule has 92 valence electrons. The van der Waals surface area contributed by atoms with E-state index in [-0.39, 0.29) is 5.91 Å². The van der Waals surface area contributed by atoms with Gasteiger partial charge < -0.3 is 14.5 Å². The summed E-state index contributed by atoms with van der Waals surface area (Å²) in [5.74, 6) is -0.0455. The summed E-state index contributed by atoms with van der Waals surface area (Å²) in [6.07, 6.45) is 1.44. The number of rotatable bonds is 7. The summed E-state index contributed by atoms with van der Waals surface area (Å²) < 4.78 is 6.18. The molecule has 4 nitrogen and oxygen atoms in total. The molecule has 1 heterocycles. The van der Waals surface area contributed by atoms with Crippen LogP contribution < -0.4 is 5.32 Å². The van der Waals surface area contributed by atoms with Crippen LogP contribution in [0.3, 0.4) is 0 Å². The Balaban J connectivity index is 2.09. The lowest BCUT2D eigenvalue weighted by Gasteiger charge is -2.29. The quantitative estimate of drug-likeness (QED) is 0.298. The van der Waals surface area contributed by atoms with Crippen LogP contribution in [0, 0.1) is 0 Å². The fourth-order valence-electron chi connectivity index (χ4n) is 1.68. The Hall–Kier alpha value is -0.870. The average molecular weight is 227 g/mol. The third kappa shape index (κ3) is 5.28. The molecule has 1 saturated heterocycles. The van der Waals surface area contributed by atoms with Gasteiger partial charge in [0.05, 0.1) is 27.2 Å². The number of ether oxygens (including phenoxy) is 1. The first-order valence-electron chi connectivity index (χ1n) is 5.78. The summed E-state index contributed by atoms with van der Waals surface area (Å²) in [7, 11) is 4.39. The van der Waals surface area contributed by atoms with Crippen molar-refractivity contribution in [2.45, 2.75) is 19.4 Å². The SMILES string of the molecule is C=C(C)C(=O)NCCC[N+](C)(C)CC1CO1. The van der Waals surface area contributed by atoms with Crippen molar-refractivity contribution in [3.8, 4) is 0 Å². The van der Waals surface area contributed by atoms with Gasteiger partial charge in [-0.25, -0.2) is 0 Å². The number of hydrogen-bond acceptors (Lipinski definition) is 2. The first-order chi connectivity index (χ1) is 7.41. The van der Waals surface area contributed by atoms with Gasteiger partial charge in [0.15, 0.2) is 0 Å². The highest BCUT2D eigenvalue weighted by molar-refractivity contribution is 5.91. The molecule has 0 aromatic heterocycles. The van der Waals surface area contributed by atoms with Gasteiger partial charge in [0.25, 0.3) is 0 Å². The molecule has 0 aromatic rings. The zero-order valence-corrected chi connectivity index (χ0v) is 10.6. The molecule has 0 saturated carbocycles. The van der Waals surface area contributed by atoms with Gasteiger partial charge in [-0.15, -0.1) is 0 Å². The normalized spacial score (nSPS) is 19.3. The molecule has 0 radical (unpaired) electrons. The van der Waals surface area contributed by atoms with Crippen LogP contribution in [0.1, 0.15) is 13.3 Å². The van der Waals surface area contributed by atoms with Gasteiger partial charge in [0, 0.05) is 18.5 Å². The Labute approximate surface area is 97.9 Å². The number of nitrogens with zero attached hydrogens (tertiary/aromatic N) is 1. The second-order valence-electron chi connectivity index (χ2n) is 5.19. The number of amides is 1. The number of likely N-dealkylation sites (N-methyl/N-ethyl adjacent to an activating group) is 1. The van der Waals surface area contributed by atoms with E-state index in [2.05, 4.69) is 26.0 Å². The second-order valence-corrected chi connectivity index (χ2v) is 5.19. The summed E-state index contributed by atoms with van der Waals surface area (Å²) in [4.78, 5) is 11.2. The fraction of sp³-hybridized carbons (Fsp3) is 0.750. The summed E-state index contributed by atoms with van der Waals surface area (Å²) in [6, 6.07) is 0. The number of carbonyl (C=O) groups excluding carboxylic acids is 1. The van der Waals surface area contributed by atoms with Crippen LogP contribution in [0.2, 0.25) is 0 Å². The zero-order chi connectivity index (χ0) is 12.2. The van der Waals surface area contributed by atoms with Gasteiger partial charge in [-0.3, -0.25) is 4.79 Å². The summed E-state index contributed by atoms with van der Waals surface area (Å²) in [6.45, 7) is 9.07. The minimum Gasteiger partial charge on any atom is -0.367 e. The third-order valence-corrected chi connectivity index (χ3v) is 2.71. The maximum absolute atomic E-state index is 11.2. The predicted octanol–water partition coefficient (Wildman–Crippen LogP) is 0.544. The summed E-state index contributed by atoms with van der Waals surface area (Å²) >= 11 is 0. The number of quaternary nitrogens is 1. The van der Waals surface area contributed by atoms with E-state index in [9.17, 15) is 4.79 Å². The molecule has 0 aromatic carbocycles. The van der Waals surface area contributed by atoms with Crippen molar-refractivity contribution in [1.29, 1.82) is 0 Å². The van der Waals surface area contributed by atoms with E-state index in [4.69, 9.17) is 4.74 Å². The molecule has 1 unspecified atom stereocenters. The Kier molecular flexibility index (Phi) is 4.50. The zero-order valence-electron chi connectivity index (χ0n) is 10.6. The molecular formula is C12H23N2O2+. The lowest BCUT2D eigenvalue weighted by atomic mass is 10.3. The average Bonchev–Trinajstić information content (AvgIpc) is 2.94. The van der Waals surface area contributed by atoms with Crippen molar-refractivity contribution in [1.82, 2.24) is 5.32 Å². The van der Waals surface area contributed by atoms with Gasteiger partial charge in [-0.2, -0.15) is 0 Å². The number of hydrogen-bond donors (Lipinski definition) is 1. The summed E-state index contributed by atoms with van der Waals surface area (Å²) in [5, 5.41) is 2.84. The standard InChI is InChI=1S/C12H22N2O2/c1-10(2)12(15)13-6-5-7-14(3,4)8-11-9-16-11/h11H,1,5-9H2,2-4H3/p+1. The first kappa shape index (κ1) is 13.2. The Morgan fingerprint density at radius 2 is 2.19 bits per heavy atom. The lowest BCUT2D eigenvalue weighted by molar-refractivity contribution is -0.890. The molecule has 1 aliphatic heterocycles. The Morgan fingerprint density at radius 1 is 1.56 bits per heavy atom. The molecule has 16 heavy (non-hydrogen) atoms. The van der Waals surface area contributed by atoms with Gasteiger partial charge in [0.2, 0.25) is 5.91 Å². The van der Waals surface area contributed by atoms with Crippen molar-refractivity contribution in [3.63, 3.8) is 0 Å². The van der Waals surface area contributed by atoms with Crippen LogP contribution in [-0.4, -0.2) is 56.8 Å². The predicted molar refractivity (Wildman–Crippen MR) is 64.0 cm³/mol. The molecule has 0 spiro atoms. The van der Waals surface area contributed by atoms with Crippen molar-refractivity contribution < 1.29 is 14.0 Å². The number of epoxide rings is 1. The maximum Gasteiger partial charge on any atom is 0.246 e. The van der Waals surface area contributed by atoms with Gasteiger partial charge in [-0.05, 0) is 6.92 Å². The Bertz CT molecular complexity index is 270. The molecule has 4 heteroatoms. The minimum atomic E-state index is -0.0455. The lowest BCUT2D eigenvalue weighted by Crippen LogP contribution is -2.44. The second kappa shape index (κ2) is 5.46. The Morgan fingerprint density at radius 3 is 2.69 bits per heavy atom. The van der Waals surface area contributed by atoms with Crippen LogP contribution in [0.25, 0.3) is 0 Å². The van der Waals surface area contributed by atoms with E-state index in [1.54, 1.807) is 6.92 Å². The molecule has 1 rings (SSSR count). The van der Waals surface area contributed by atoms with Gasteiger partial charge in [0.1, 0.15) is 12.6 Å². The van der Waals surface area contributed by atoms with E-state index in [1.165, 1.54) is 0 Å². The van der Waals surface area contributed by atoms with Crippen LogP contribution in [0.4, 0.5) is 0 Å². The van der Waals surface area contributed by atoms with Gasteiger partial charge in [-0.1, -0.05) is 6.58 Å². The van der Waals surface area contributed by atoms with Crippen LogP contribution >= 0.6 is 0 Å². The first-order valence-corrected chi connectivity index (χ1v) is 5.78. The van der Waals surface area contributed by atoms with Gasteiger partial charge >= 0.3 is 0 Å². The minimum absolute atomic E-state index is 0.0455. The third-order valence-electron chi connectivity index (χ3n) is 2.71. The van der Waals surface area contributed by atoms with E-state index >= 15 is 0 Å². The topological polar surface area (TPSA) is 41.6 Å². The highest BCUT2D eigenvalue weighted by Crippen LogP contribution is 2.13. The molecule has 0 bridgehead atoms. The molecule has 0 aliphatic carbocycles. The van der Waals surface area contributed by atoms with Crippen LogP contribution in [0.5, 0.6) is 0 Å².